The average molecular weight is 448 g/mol. The average Bonchev–Trinajstić information content (AvgIpc) is 3.01. The van der Waals surface area contributed by atoms with Gasteiger partial charge < -0.3 is 19.2 Å². The van der Waals surface area contributed by atoms with Crippen LogP contribution in [0.2, 0.25) is 0 Å². The first-order valence-electron chi connectivity index (χ1n) is 10.0. The third kappa shape index (κ3) is 4.06. The van der Waals surface area contributed by atoms with E-state index in [2.05, 4.69) is 5.32 Å². The minimum absolute atomic E-state index is 0.180. The number of ether oxygens (including phenoxy) is 2. The fourth-order valence-corrected chi connectivity index (χ4v) is 5.37. The van der Waals surface area contributed by atoms with E-state index in [4.69, 9.17) is 13.9 Å². The fraction of sp³-hybridized carbons (Fsp3) is 0.455. The summed E-state index contributed by atoms with van der Waals surface area (Å²) in [5.74, 6) is 0.492. The lowest BCUT2D eigenvalue weighted by molar-refractivity contribution is -0.120. The van der Waals surface area contributed by atoms with Crippen LogP contribution in [0.3, 0.4) is 0 Å². The van der Waals surface area contributed by atoms with Crippen LogP contribution in [0, 0.1) is 6.92 Å². The van der Waals surface area contributed by atoms with E-state index in [0.29, 0.717) is 34.5 Å². The van der Waals surface area contributed by atoms with E-state index in [0.717, 1.165) is 17.4 Å². The topological polar surface area (TPSA) is 112 Å². The van der Waals surface area contributed by atoms with E-state index >= 15 is 0 Å². The zero-order chi connectivity index (χ0) is 22.6. The Morgan fingerprint density at radius 3 is 2.74 bits per heavy atom. The molecule has 0 radical (unpaired) electrons. The van der Waals surface area contributed by atoms with Crippen LogP contribution in [0.5, 0.6) is 11.5 Å². The summed E-state index contributed by atoms with van der Waals surface area (Å²) in [5, 5.41) is 4.36. The van der Waals surface area contributed by atoms with Gasteiger partial charge in [0.2, 0.25) is 5.91 Å². The van der Waals surface area contributed by atoms with Crippen molar-refractivity contribution in [1.82, 2.24) is 5.32 Å². The first kappa shape index (κ1) is 21.4. The van der Waals surface area contributed by atoms with Crippen LogP contribution >= 0.6 is 0 Å². The molecule has 2 aliphatic heterocycles. The zero-order valence-corrected chi connectivity index (χ0v) is 18.7. The number of carbonyl (C=O) groups excluding carboxylic acids is 1. The number of hydrogen-bond acceptors (Lipinski definition) is 7. The van der Waals surface area contributed by atoms with Gasteiger partial charge in [-0.1, -0.05) is 0 Å². The second kappa shape index (κ2) is 7.40. The minimum atomic E-state index is -3.29. The SMILES string of the molecule is COc1cc2c(c3oc(=O)c(CC(=O)N[C@@H]4C=CS(=O)(=O)C4)c(C)c13)CCC(C)(C)O2. The lowest BCUT2D eigenvalue weighted by Gasteiger charge is -2.33. The Morgan fingerprint density at radius 2 is 2.10 bits per heavy atom. The molecule has 2 aliphatic rings. The van der Waals surface area contributed by atoms with Gasteiger partial charge in [0.15, 0.2) is 9.84 Å². The zero-order valence-electron chi connectivity index (χ0n) is 17.9. The molecule has 166 valence electrons. The van der Waals surface area contributed by atoms with Crippen LogP contribution in [0.1, 0.15) is 37.0 Å². The second-order valence-electron chi connectivity index (χ2n) is 8.62. The lowest BCUT2D eigenvalue weighted by Crippen LogP contribution is -2.37. The van der Waals surface area contributed by atoms with Gasteiger partial charge in [0.05, 0.1) is 36.3 Å². The monoisotopic (exact) mass is 447 g/mol. The highest BCUT2D eigenvalue weighted by molar-refractivity contribution is 7.94. The summed E-state index contributed by atoms with van der Waals surface area (Å²) in [6.07, 6.45) is 2.66. The Labute approximate surface area is 180 Å². The van der Waals surface area contributed by atoms with Crippen LogP contribution in [-0.2, 0) is 27.5 Å². The van der Waals surface area contributed by atoms with Crippen molar-refractivity contribution in [2.45, 2.75) is 51.7 Å². The number of methoxy groups -OCH3 is 1. The largest absolute Gasteiger partial charge is 0.496 e. The molecule has 0 unspecified atom stereocenters. The number of benzene rings is 1. The van der Waals surface area contributed by atoms with Gasteiger partial charge in [-0.05, 0) is 45.3 Å². The van der Waals surface area contributed by atoms with E-state index in [9.17, 15) is 18.0 Å². The lowest BCUT2D eigenvalue weighted by atomic mass is 9.91. The van der Waals surface area contributed by atoms with E-state index < -0.39 is 27.4 Å². The molecule has 8 nitrogen and oxygen atoms in total. The van der Waals surface area contributed by atoms with Gasteiger partial charge in [0.25, 0.3) is 0 Å². The number of sulfone groups is 1. The van der Waals surface area contributed by atoms with Crippen LogP contribution in [0.4, 0.5) is 0 Å². The molecular formula is C22H25NO7S. The molecular weight excluding hydrogens is 422 g/mol. The standard InChI is InChI=1S/C22H25NO7S/c1-12-15(9-18(24)23-13-6-8-31(26,27)11-13)21(25)29-20-14-5-7-22(2,3)30-16(14)10-17(28-4)19(12)20/h6,8,10,13H,5,7,9,11H2,1-4H3,(H,23,24)/t13-/m1/s1. The Bertz CT molecular complexity index is 1270. The normalized spacial score (nSPS) is 20.8. The summed E-state index contributed by atoms with van der Waals surface area (Å²) >= 11 is 0. The van der Waals surface area contributed by atoms with E-state index in [1.54, 1.807) is 13.0 Å². The van der Waals surface area contributed by atoms with Crippen molar-refractivity contribution < 1.29 is 27.1 Å². The summed E-state index contributed by atoms with van der Waals surface area (Å²) in [5.41, 5.74) is 1.11. The quantitative estimate of drug-likeness (QED) is 0.715. The molecule has 0 spiro atoms. The van der Waals surface area contributed by atoms with Gasteiger partial charge in [-0.2, -0.15) is 0 Å². The highest BCUT2D eigenvalue weighted by Crippen LogP contribution is 2.43. The van der Waals surface area contributed by atoms with Gasteiger partial charge in [0.1, 0.15) is 22.7 Å². The van der Waals surface area contributed by atoms with Crippen molar-refractivity contribution in [3.8, 4) is 11.5 Å². The number of fused-ring (bicyclic) bond motifs is 3. The van der Waals surface area contributed by atoms with E-state index in [1.165, 1.54) is 13.2 Å². The molecule has 0 fully saturated rings. The number of amides is 1. The predicted octanol–water partition coefficient (Wildman–Crippen LogP) is 2.18. The van der Waals surface area contributed by atoms with Crippen molar-refractivity contribution in [3.63, 3.8) is 0 Å². The maximum atomic E-state index is 12.8. The Hall–Kier alpha value is -2.81. The molecule has 2 aromatic rings. The first-order valence-corrected chi connectivity index (χ1v) is 11.8. The highest BCUT2D eigenvalue weighted by atomic mass is 32.2. The van der Waals surface area contributed by atoms with Crippen molar-refractivity contribution >= 4 is 26.7 Å². The van der Waals surface area contributed by atoms with Crippen LogP contribution in [0.15, 0.2) is 26.8 Å². The first-order chi connectivity index (χ1) is 14.5. The number of carbonyl (C=O) groups is 1. The van der Waals surface area contributed by atoms with Crippen molar-refractivity contribution in [1.29, 1.82) is 0 Å². The number of hydrogen-bond donors (Lipinski definition) is 1. The molecule has 3 heterocycles. The third-order valence-electron chi connectivity index (χ3n) is 5.77. The molecule has 0 saturated heterocycles. The Kier molecular flexibility index (Phi) is 5.12. The molecule has 1 aromatic heterocycles. The van der Waals surface area contributed by atoms with Crippen LogP contribution in [0.25, 0.3) is 11.0 Å². The van der Waals surface area contributed by atoms with Crippen LogP contribution in [-0.4, -0.2) is 38.8 Å². The maximum absolute atomic E-state index is 12.8. The number of rotatable bonds is 4. The summed E-state index contributed by atoms with van der Waals surface area (Å²) < 4.78 is 40.4. The smallest absolute Gasteiger partial charge is 0.340 e. The number of aryl methyl sites for hydroxylation is 2. The van der Waals surface area contributed by atoms with Crippen LogP contribution < -0.4 is 20.4 Å². The van der Waals surface area contributed by atoms with Gasteiger partial charge in [-0.3, -0.25) is 4.79 Å². The molecule has 1 amide bonds. The third-order valence-corrected chi connectivity index (χ3v) is 7.17. The predicted molar refractivity (Wildman–Crippen MR) is 115 cm³/mol. The molecule has 0 bridgehead atoms. The van der Waals surface area contributed by atoms with Gasteiger partial charge in [-0.15, -0.1) is 0 Å². The van der Waals surface area contributed by atoms with Gasteiger partial charge in [-0.25, -0.2) is 13.2 Å². The molecule has 1 atom stereocenters. The van der Waals surface area contributed by atoms with Crippen molar-refractivity contribution in [3.05, 3.63) is 44.7 Å². The molecule has 1 N–H and O–H groups in total. The van der Waals surface area contributed by atoms with E-state index in [1.807, 2.05) is 13.8 Å². The summed E-state index contributed by atoms with van der Waals surface area (Å²) in [6.45, 7) is 5.76. The maximum Gasteiger partial charge on any atom is 0.340 e. The molecule has 0 aliphatic carbocycles. The fourth-order valence-electron chi connectivity index (χ4n) is 4.13. The van der Waals surface area contributed by atoms with E-state index in [-0.39, 0.29) is 23.3 Å². The molecule has 1 aromatic carbocycles. The second-order valence-corrected chi connectivity index (χ2v) is 10.6. The number of nitrogens with one attached hydrogen (secondary N) is 1. The summed E-state index contributed by atoms with van der Waals surface area (Å²) in [6, 6.07) is 1.19. The van der Waals surface area contributed by atoms with Gasteiger partial charge >= 0.3 is 5.63 Å². The van der Waals surface area contributed by atoms with Gasteiger partial charge in [0, 0.05) is 17.0 Å². The Balaban J connectivity index is 1.72. The molecule has 0 saturated carbocycles. The summed E-state index contributed by atoms with van der Waals surface area (Å²) in [7, 11) is -1.76. The van der Waals surface area contributed by atoms with Crippen molar-refractivity contribution in [2.24, 2.45) is 0 Å². The molecule has 31 heavy (non-hydrogen) atoms. The molecule has 4 rings (SSSR count). The van der Waals surface area contributed by atoms with Crippen molar-refractivity contribution in [2.75, 3.05) is 12.9 Å². The minimum Gasteiger partial charge on any atom is -0.496 e. The summed E-state index contributed by atoms with van der Waals surface area (Å²) in [4.78, 5) is 25.3. The Morgan fingerprint density at radius 1 is 1.35 bits per heavy atom. The molecule has 9 heteroatoms. The highest BCUT2D eigenvalue weighted by Gasteiger charge is 2.31.